The summed E-state index contributed by atoms with van der Waals surface area (Å²) in [5.74, 6) is 2.68. The zero-order valence-electron chi connectivity index (χ0n) is 19.2. The van der Waals surface area contributed by atoms with E-state index in [1.807, 2.05) is 0 Å². The van der Waals surface area contributed by atoms with Crippen LogP contribution in [0, 0.1) is 18.8 Å². The van der Waals surface area contributed by atoms with Crippen LogP contribution >= 0.6 is 0 Å². The highest BCUT2D eigenvalue weighted by atomic mass is 14.9. The number of pyridine rings is 1. The van der Waals surface area contributed by atoms with E-state index in [-0.39, 0.29) is 0 Å². The third-order valence-electron chi connectivity index (χ3n) is 7.97. The fourth-order valence-corrected chi connectivity index (χ4v) is 6.15. The van der Waals surface area contributed by atoms with Crippen molar-refractivity contribution in [3.8, 4) is 22.4 Å². The Bertz CT molecular complexity index is 1010. The molecule has 0 aliphatic heterocycles. The van der Waals surface area contributed by atoms with Crippen LogP contribution in [-0.4, -0.2) is 0 Å². The highest BCUT2D eigenvalue weighted by Crippen LogP contribution is 2.42. The molecule has 1 aromatic heterocycles. The molecule has 0 spiro atoms. The van der Waals surface area contributed by atoms with Gasteiger partial charge in [0.15, 0.2) is 6.20 Å². The van der Waals surface area contributed by atoms with E-state index in [9.17, 15) is 0 Å². The number of fused-ring (bicyclic) bond motifs is 6. The first kappa shape index (κ1) is 20.5. The van der Waals surface area contributed by atoms with Gasteiger partial charge in [0.1, 0.15) is 7.05 Å². The van der Waals surface area contributed by atoms with Gasteiger partial charge in [0.2, 0.25) is 5.69 Å². The lowest BCUT2D eigenvalue weighted by Gasteiger charge is -2.34. The first-order chi connectivity index (χ1) is 15.2. The van der Waals surface area contributed by atoms with Gasteiger partial charge in [-0.3, -0.25) is 0 Å². The van der Waals surface area contributed by atoms with Gasteiger partial charge in [0, 0.05) is 17.7 Å². The number of benzene rings is 2. The minimum atomic E-state index is 0.765. The van der Waals surface area contributed by atoms with Crippen LogP contribution < -0.4 is 4.57 Å². The minimum absolute atomic E-state index is 0.765. The number of hydrogen-bond donors (Lipinski definition) is 0. The maximum atomic E-state index is 2.43. The van der Waals surface area contributed by atoms with Gasteiger partial charge in [-0.25, -0.2) is 4.57 Å². The molecule has 1 nitrogen and oxygen atoms in total. The van der Waals surface area contributed by atoms with Crippen LogP contribution in [0.4, 0.5) is 0 Å². The van der Waals surface area contributed by atoms with Crippen molar-refractivity contribution < 1.29 is 4.57 Å². The summed E-state index contributed by atoms with van der Waals surface area (Å²) in [6, 6.07) is 22.8. The average Bonchev–Trinajstić information content (AvgIpc) is 2.74. The second-order valence-corrected chi connectivity index (χ2v) is 10.1. The lowest BCUT2D eigenvalue weighted by molar-refractivity contribution is -0.660. The summed E-state index contributed by atoms with van der Waals surface area (Å²) in [7, 11) is 2.14. The molecule has 3 aliphatic rings. The number of aryl methyl sites for hydroxylation is 2. The quantitative estimate of drug-likeness (QED) is 0.391. The molecule has 1 heterocycles. The van der Waals surface area contributed by atoms with Crippen LogP contribution in [0.2, 0.25) is 0 Å². The van der Waals surface area contributed by atoms with E-state index in [4.69, 9.17) is 0 Å². The van der Waals surface area contributed by atoms with Crippen molar-refractivity contribution in [3.63, 3.8) is 0 Å². The van der Waals surface area contributed by atoms with Crippen molar-refractivity contribution in [2.45, 2.75) is 64.2 Å². The molecule has 0 N–H and O–H groups in total. The van der Waals surface area contributed by atoms with Crippen LogP contribution in [0.5, 0.6) is 0 Å². The Morgan fingerprint density at radius 1 is 0.742 bits per heavy atom. The Balaban J connectivity index is 1.41. The zero-order valence-corrected chi connectivity index (χ0v) is 19.2. The summed E-state index contributed by atoms with van der Waals surface area (Å²) < 4.78 is 2.23. The molecule has 2 aromatic carbocycles. The number of rotatable bonds is 3. The van der Waals surface area contributed by atoms with Crippen LogP contribution in [0.3, 0.4) is 0 Å². The Labute approximate surface area is 188 Å². The van der Waals surface area contributed by atoms with Crippen molar-refractivity contribution in [1.82, 2.24) is 0 Å². The molecule has 31 heavy (non-hydrogen) atoms. The van der Waals surface area contributed by atoms with Gasteiger partial charge in [0.25, 0.3) is 0 Å². The third kappa shape index (κ3) is 4.47. The largest absolute Gasteiger partial charge is 0.213 e. The topological polar surface area (TPSA) is 3.88 Å². The SMILES string of the molecule is Cc1ccccc1-c1cc(-c2ccc(C3CC4CCCC(CCC4)C3)cc2)cc[n+]1C. The van der Waals surface area contributed by atoms with Gasteiger partial charge in [-0.2, -0.15) is 0 Å². The summed E-state index contributed by atoms with van der Waals surface area (Å²) in [6.45, 7) is 2.20. The highest BCUT2D eigenvalue weighted by molar-refractivity contribution is 5.70. The van der Waals surface area contributed by atoms with Gasteiger partial charge < -0.3 is 0 Å². The van der Waals surface area contributed by atoms with Crippen molar-refractivity contribution in [2.24, 2.45) is 18.9 Å². The molecular formula is C30H36N+. The molecule has 160 valence electrons. The summed E-state index contributed by atoms with van der Waals surface area (Å²) in [5.41, 5.74) is 8.10. The number of hydrogen-bond acceptors (Lipinski definition) is 0. The molecule has 0 amide bonds. The molecule has 3 fully saturated rings. The molecule has 0 unspecified atom stereocenters. The molecular weight excluding hydrogens is 374 g/mol. The summed E-state index contributed by atoms with van der Waals surface area (Å²) in [6.07, 6.45) is 13.8. The van der Waals surface area contributed by atoms with Gasteiger partial charge in [-0.1, -0.05) is 81.0 Å². The maximum absolute atomic E-state index is 2.43. The normalized spacial score (nSPS) is 23.7. The monoisotopic (exact) mass is 410 g/mol. The van der Waals surface area contributed by atoms with Crippen LogP contribution in [0.25, 0.3) is 22.4 Å². The first-order valence-electron chi connectivity index (χ1n) is 12.3. The number of nitrogens with zero attached hydrogens (tertiary/aromatic N) is 1. The second-order valence-electron chi connectivity index (χ2n) is 10.1. The van der Waals surface area contributed by atoms with Crippen molar-refractivity contribution in [2.75, 3.05) is 0 Å². The fraction of sp³-hybridized carbons (Fsp3) is 0.433. The van der Waals surface area contributed by atoms with Gasteiger partial charge in [-0.15, -0.1) is 0 Å². The summed E-state index contributed by atoms with van der Waals surface area (Å²) >= 11 is 0. The summed E-state index contributed by atoms with van der Waals surface area (Å²) in [4.78, 5) is 0. The van der Waals surface area contributed by atoms with Crippen LogP contribution in [-0.2, 0) is 7.05 Å². The molecule has 0 saturated heterocycles. The van der Waals surface area contributed by atoms with Crippen molar-refractivity contribution in [1.29, 1.82) is 0 Å². The predicted molar refractivity (Wildman–Crippen MR) is 130 cm³/mol. The van der Waals surface area contributed by atoms with Crippen LogP contribution in [0.15, 0.2) is 66.9 Å². The predicted octanol–water partition coefficient (Wildman–Crippen LogP) is 7.62. The van der Waals surface area contributed by atoms with E-state index in [1.54, 1.807) is 5.56 Å². The molecule has 0 atom stereocenters. The maximum Gasteiger partial charge on any atom is 0.213 e. The molecule has 2 bridgehead atoms. The van der Waals surface area contributed by atoms with E-state index in [0.29, 0.717) is 0 Å². The molecule has 6 rings (SSSR count). The smallest absolute Gasteiger partial charge is 0.201 e. The molecule has 3 aromatic rings. The first-order valence-corrected chi connectivity index (χ1v) is 12.3. The van der Waals surface area contributed by atoms with Crippen LogP contribution in [0.1, 0.15) is 68.4 Å². The zero-order chi connectivity index (χ0) is 21.2. The van der Waals surface area contributed by atoms with E-state index in [1.165, 1.54) is 79.3 Å². The van der Waals surface area contributed by atoms with E-state index < -0.39 is 0 Å². The van der Waals surface area contributed by atoms with Gasteiger partial charge in [0.05, 0.1) is 0 Å². The van der Waals surface area contributed by atoms with Crippen molar-refractivity contribution >= 4 is 0 Å². The lowest BCUT2D eigenvalue weighted by Crippen LogP contribution is -2.30. The Hall–Kier alpha value is -2.41. The molecule has 3 aliphatic carbocycles. The molecule has 3 saturated carbocycles. The lowest BCUT2D eigenvalue weighted by atomic mass is 9.71. The van der Waals surface area contributed by atoms with Crippen molar-refractivity contribution in [3.05, 3.63) is 78.0 Å². The fourth-order valence-electron chi connectivity index (χ4n) is 6.15. The van der Waals surface area contributed by atoms with E-state index in [0.717, 1.165) is 17.8 Å². The average molecular weight is 411 g/mol. The number of aromatic nitrogens is 1. The third-order valence-corrected chi connectivity index (χ3v) is 7.97. The Kier molecular flexibility index (Phi) is 5.94. The minimum Gasteiger partial charge on any atom is -0.201 e. The standard InChI is InChI=1S/C30H36N/c1-22-7-3-4-12-29(22)30-21-27(17-18-31(30)2)25-13-15-26(16-14-25)28-19-23-8-5-9-24(20-28)11-6-10-23/h3-4,7,12-18,21,23-24,28H,5-6,8-11,19-20H2,1-2H3/q+1. The van der Waals surface area contributed by atoms with Gasteiger partial charge >= 0.3 is 0 Å². The van der Waals surface area contributed by atoms with E-state index in [2.05, 4.69) is 85.4 Å². The second kappa shape index (κ2) is 8.99. The molecule has 0 radical (unpaired) electrons. The van der Waals surface area contributed by atoms with E-state index >= 15 is 0 Å². The summed E-state index contributed by atoms with van der Waals surface area (Å²) in [5, 5.41) is 0. The highest BCUT2D eigenvalue weighted by Gasteiger charge is 2.27. The van der Waals surface area contributed by atoms with Gasteiger partial charge in [-0.05, 0) is 65.8 Å². The Morgan fingerprint density at radius 3 is 2.03 bits per heavy atom. The Morgan fingerprint density at radius 2 is 1.39 bits per heavy atom. The molecule has 1 heteroatoms.